The molecule has 1 aromatic heterocycles. The Morgan fingerprint density at radius 3 is 2.78 bits per heavy atom. The van der Waals surface area contributed by atoms with Crippen LogP contribution in [0.1, 0.15) is 37.3 Å². The fourth-order valence-electron chi connectivity index (χ4n) is 2.15. The number of fused-ring (bicyclic) bond motifs is 1. The predicted molar refractivity (Wildman–Crippen MR) is 84.9 cm³/mol. The third-order valence-electron chi connectivity index (χ3n) is 2.96. The molecule has 0 aromatic carbocycles. The number of aromatic nitrogens is 1. The minimum atomic E-state index is 0. The molecule has 0 radical (unpaired) electrons. The summed E-state index contributed by atoms with van der Waals surface area (Å²) in [4.78, 5) is 6.14. The molecule has 1 unspecified atom stereocenters. The van der Waals surface area contributed by atoms with Crippen LogP contribution in [0.25, 0.3) is 0 Å². The second kappa shape index (κ2) is 8.97. The van der Waals surface area contributed by atoms with Gasteiger partial charge in [-0.1, -0.05) is 13.8 Å². The number of rotatable bonds is 5. The van der Waals surface area contributed by atoms with E-state index in [0.717, 1.165) is 37.5 Å². The predicted octanol–water partition coefficient (Wildman–Crippen LogP) is 3.28. The van der Waals surface area contributed by atoms with E-state index >= 15 is 0 Å². The largest absolute Gasteiger partial charge is 0.362 e. The van der Waals surface area contributed by atoms with Gasteiger partial charge in [-0.25, -0.2) is 4.98 Å². The van der Waals surface area contributed by atoms with Crippen molar-refractivity contribution in [2.24, 2.45) is 0 Å². The van der Waals surface area contributed by atoms with Crippen LogP contribution in [0, 0.1) is 0 Å². The first kappa shape index (κ1) is 18.0. The highest BCUT2D eigenvalue weighted by Crippen LogP contribution is 2.29. The van der Waals surface area contributed by atoms with Crippen molar-refractivity contribution in [1.82, 2.24) is 10.3 Å². The van der Waals surface area contributed by atoms with Crippen LogP contribution in [0.2, 0.25) is 0 Å². The molecule has 0 fully saturated rings. The van der Waals surface area contributed by atoms with Crippen LogP contribution in [0.5, 0.6) is 0 Å². The van der Waals surface area contributed by atoms with Crippen LogP contribution in [0.4, 0.5) is 5.13 Å². The molecule has 1 aromatic rings. The van der Waals surface area contributed by atoms with Gasteiger partial charge in [-0.2, -0.15) is 0 Å². The van der Waals surface area contributed by atoms with Gasteiger partial charge in [-0.15, -0.1) is 36.2 Å². The number of nitrogens with zero attached hydrogens (tertiary/aromatic N) is 1. The van der Waals surface area contributed by atoms with E-state index in [1.54, 1.807) is 0 Å². The fraction of sp³-hybridized carbons (Fsp3) is 0.750. The summed E-state index contributed by atoms with van der Waals surface area (Å²) in [6, 6.07) is 0.664. The number of hydrogen-bond acceptors (Lipinski definition) is 4. The zero-order valence-electron chi connectivity index (χ0n) is 11.0. The number of likely N-dealkylation sites (N-methyl/N-ethyl adjacent to an activating group) is 1. The average molecular weight is 312 g/mol. The van der Waals surface area contributed by atoms with Crippen molar-refractivity contribution in [1.29, 1.82) is 0 Å². The highest BCUT2D eigenvalue weighted by Gasteiger charge is 2.21. The smallest absolute Gasteiger partial charge is 0.183 e. The van der Waals surface area contributed by atoms with Gasteiger partial charge in [0, 0.05) is 17.5 Å². The van der Waals surface area contributed by atoms with Crippen molar-refractivity contribution < 1.29 is 0 Å². The zero-order chi connectivity index (χ0) is 11.4. The lowest BCUT2D eigenvalue weighted by molar-refractivity contribution is 0.471. The van der Waals surface area contributed by atoms with Crippen molar-refractivity contribution in [2.75, 3.05) is 18.4 Å². The van der Waals surface area contributed by atoms with Crippen molar-refractivity contribution in [2.45, 2.75) is 45.6 Å². The molecule has 0 saturated heterocycles. The van der Waals surface area contributed by atoms with Crippen LogP contribution in [-0.2, 0) is 12.8 Å². The van der Waals surface area contributed by atoms with E-state index in [2.05, 4.69) is 29.5 Å². The SMILES string of the molecule is CCCNc1nc2c(s1)CC(NCC)CC2.Cl.Cl. The molecule has 6 heteroatoms. The molecule has 1 aliphatic carbocycles. The van der Waals surface area contributed by atoms with Gasteiger partial charge in [-0.3, -0.25) is 0 Å². The summed E-state index contributed by atoms with van der Waals surface area (Å²) in [7, 11) is 0. The summed E-state index contributed by atoms with van der Waals surface area (Å²) in [5, 5.41) is 8.04. The average Bonchev–Trinajstić information content (AvgIpc) is 2.68. The van der Waals surface area contributed by atoms with Crippen LogP contribution in [0.15, 0.2) is 0 Å². The second-order valence-corrected chi connectivity index (χ2v) is 5.40. The minimum absolute atomic E-state index is 0. The molecule has 0 spiro atoms. The zero-order valence-corrected chi connectivity index (χ0v) is 13.4. The van der Waals surface area contributed by atoms with E-state index in [1.807, 2.05) is 11.3 Å². The molecule has 18 heavy (non-hydrogen) atoms. The Labute approximate surface area is 126 Å². The van der Waals surface area contributed by atoms with Crippen LogP contribution in [-0.4, -0.2) is 24.1 Å². The molecule has 0 saturated carbocycles. The Morgan fingerprint density at radius 2 is 2.11 bits per heavy atom. The Kier molecular flexibility index (Phi) is 8.95. The van der Waals surface area contributed by atoms with Gasteiger partial charge in [0.15, 0.2) is 5.13 Å². The normalized spacial score (nSPS) is 17.3. The van der Waals surface area contributed by atoms with Crippen LogP contribution < -0.4 is 10.6 Å². The molecule has 3 nitrogen and oxygen atoms in total. The van der Waals surface area contributed by atoms with Crippen molar-refractivity contribution in [3.63, 3.8) is 0 Å². The van der Waals surface area contributed by atoms with E-state index in [-0.39, 0.29) is 24.8 Å². The molecule has 2 rings (SSSR count). The second-order valence-electron chi connectivity index (χ2n) is 4.31. The van der Waals surface area contributed by atoms with Crippen molar-refractivity contribution in [3.8, 4) is 0 Å². The van der Waals surface area contributed by atoms with Gasteiger partial charge in [0.2, 0.25) is 0 Å². The topological polar surface area (TPSA) is 37.0 Å². The maximum atomic E-state index is 4.66. The summed E-state index contributed by atoms with van der Waals surface area (Å²) in [5.41, 5.74) is 1.33. The quantitative estimate of drug-likeness (QED) is 0.876. The molecule has 0 bridgehead atoms. The molecule has 1 atom stereocenters. The fourth-order valence-corrected chi connectivity index (χ4v) is 3.26. The van der Waals surface area contributed by atoms with Crippen LogP contribution >= 0.6 is 36.2 Å². The Morgan fingerprint density at radius 1 is 1.33 bits per heavy atom. The summed E-state index contributed by atoms with van der Waals surface area (Å²) in [6.07, 6.45) is 4.69. The first-order chi connectivity index (χ1) is 7.83. The van der Waals surface area contributed by atoms with Crippen molar-refractivity contribution in [3.05, 3.63) is 10.6 Å². The van der Waals surface area contributed by atoms with Gasteiger partial charge < -0.3 is 10.6 Å². The minimum Gasteiger partial charge on any atom is -0.362 e. The molecule has 1 aliphatic rings. The molecule has 2 N–H and O–H groups in total. The summed E-state index contributed by atoms with van der Waals surface area (Å²) in [6.45, 7) is 6.46. The van der Waals surface area contributed by atoms with E-state index < -0.39 is 0 Å². The number of thiazole rings is 1. The van der Waals surface area contributed by atoms with Gasteiger partial charge >= 0.3 is 0 Å². The Hall–Kier alpha value is -0.0300. The number of anilines is 1. The molecule has 1 heterocycles. The standard InChI is InChI=1S/C12H21N3S.2ClH/c1-3-7-14-12-15-10-6-5-9(13-4-2)8-11(10)16-12;;/h9,13H,3-8H2,1-2H3,(H,14,15);2*1H. The molecule has 0 aliphatic heterocycles. The molecule has 0 amide bonds. The van der Waals surface area contributed by atoms with Crippen molar-refractivity contribution >= 4 is 41.3 Å². The third kappa shape index (κ3) is 4.57. The Bertz CT molecular complexity index is 344. The Balaban J connectivity index is 0.00000144. The highest BCUT2D eigenvalue weighted by molar-refractivity contribution is 7.15. The van der Waals surface area contributed by atoms with E-state index in [9.17, 15) is 0 Å². The van der Waals surface area contributed by atoms with E-state index in [0.29, 0.717) is 6.04 Å². The van der Waals surface area contributed by atoms with Gasteiger partial charge in [-0.05, 0) is 32.2 Å². The number of aryl methyl sites for hydroxylation is 1. The van der Waals surface area contributed by atoms with E-state index in [1.165, 1.54) is 17.0 Å². The summed E-state index contributed by atoms with van der Waals surface area (Å²) >= 11 is 1.84. The van der Waals surface area contributed by atoms with E-state index in [4.69, 9.17) is 0 Å². The van der Waals surface area contributed by atoms with Crippen LogP contribution in [0.3, 0.4) is 0 Å². The van der Waals surface area contributed by atoms with Gasteiger partial charge in [0.05, 0.1) is 5.69 Å². The lowest BCUT2D eigenvalue weighted by Gasteiger charge is -2.21. The first-order valence-corrected chi connectivity index (χ1v) is 7.11. The third-order valence-corrected chi connectivity index (χ3v) is 4.04. The maximum absolute atomic E-state index is 4.66. The first-order valence-electron chi connectivity index (χ1n) is 6.29. The monoisotopic (exact) mass is 311 g/mol. The number of nitrogens with one attached hydrogen (secondary N) is 2. The summed E-state index contributed by atoms with van der Waals surface area (Å²) < 4.78 is 0. The highest BCUT2D eigenvalue weighted by atomic mass is 35.5. The summed E-state index contributed by atoms with van der Waals surface area (Å²) in [5.74, 6) is 0. The van der Waals surface area contributed by atoms with Gasteiger partial charge in [0.1, 0.15) is 0 Å². The number of halogens is 2. The lowest BCUT2D eigenvalue weighted by atomic mass is 9.98. The van der Waals surface area contributed by atoms with Gasteiger partial charge in [0.25, 0.3) is 0 Å². The number of hydrogen-bond donors (Lipinski definition) is 2. The molecular formula is C12H23Cl2N3S. The molecule has 106 valence electrons. The lowest BCUT2D eigenvalue weighted by Crippen LogP contribution is -2.33. The maximum Gasteiger partial charge on any atom is 0.183 e. The molecular weight excluding hydrogens is 289 g/mol.